The average Bonchev–Trinajstić information content (AvgIpc) is 3.36. The van der Waals surface area contributed by atoms with Gasteiger partial charge in [0.25, 0.3) is 5.91 Å². The number of nitrogens with one attached hydrogen (secondary N) is 1. The zero-order valence-corrected chi connectivity index (χ0v) is 17.3. The molecule has 1 heterocycles. The van der Waals surface area contributed by atoms with E-state index in [0.29, 0.717) is 11.3 Å². The summed E-state index contributed by atoms with van der Waals surface area (Å²) in [6.45, 7) is 5.99. The number of hydrogen-bond donors (Lipinski definition) is 1. The van der Waals surface area contributed by atoms with Gasteiger partial charge in [0.05, 0.1) is 23.1 Å². The van der Waals surface area contributed by atoms with Crippen molar-refractivity contribution in [2.24, 2.45) is 23.7 Å². The molecule has 1 saturated carbocycles. The van der Waals surface area contributed by atoms with Crippen molar-refractivity contribution < 1.29 is 14.4 Å². The molecule has 4 atom stereocenters. The molecule has 5 heteroatoms. The molecule has 1 N–H and O–H groups in total. The summed E-state index contributed by atoms with van der Waals surface area (Å²) in [6, 6.07) is 12.6. The topological polar surface area (TPSA) is 66.5 Å². The van der Waals surface area contributed by atoms with Crippen LogP contribution in [0.25, 0.3) is 0 Å². The molecule has 5 nitrogen and oxygen atoms in total. The van der Waals surface area contributed by atoms with E-state index in [1.165, 1.54) is 10.5 Å². The van der Waals surface area contributed by atoms with Crippen molar-refractivity contribution in [3.05, 3.63) is 70.8 Å². The summed E-state index contributed by atoms with van der Waals surface area (Å²) < 4.78 is 0. The van der Waals surface area contributed by atoms with Crippen LogP contribution in [0.5, 0.6) is 0 Å². The Bertz CT molecular complexity index is 1130. The van der Waals surface area contributed by atoms with Crippen LogP contribution in [0, 0.1) is 37.5 Å². The molecule has 0 radical (unpaired) electrons. The number of fused-ring (bicyclic) bond motifs is 5. The van der Waals surface area contributed by atoms with Crippen LogP contribution in [0.1, 0.15) is 34.8 Å². The number of allylic oxidation sites excluding steroid dienone is 2. The number of nitrogens with zero attached hydrogens (tertiary/aromatic N) is 1. The van der Waals surface area contributed by atoms with Crippen LogP contribution in [0.15, 0.2) is 54.1 Å². The number of hydrogen-bond acceptors (Lipinski definition) is 3. The summed E-state index contributed by atoms with van der Waals surface area (Å²) in [7, 11) is 0. The van der Waals surface area contributed by atoms with Gasteiger partial charge in [0.2, 0.25) is 11.8 Å². The number of aryl methyl sites for hydroxylation is 1. The Morgan fingerprint density at radius 2 is 1.70 bits per heavy atom. The fourth-order valence-corrected chi connectivity index (χ4v) is 5.45. The largest absolute Gasteiger partial charge is 0.322 e. The molecule has 30 heavy (non-hydrogen) atoms. The number of carbonyl (C=O) groups is 3. The highest BCUT2D eigenvalue weighted by Gasteiger charge is 2.61. The molecule has 1 saturated heterocycles. The Morgan fingerprint density at radius 3 is 2.50 bits per heavy atom. The summed E-state index contributed by atoms with van der Waals surface area (Å²) in [4.78, 5) is 41.0. The summed E-state index contributed by atoms with van der Waals surface area (Å²) >= 11 is 0. The van der Waals surface area contributed by atoms with Crippen LogP contribution in [0.3, 0.4) is 0 Å². The van der Waals surface area contributed by atoms with E-state index in [1.54, 1.807) is 24.3 Å². The fraction of sp³-hybridized carbons (Fsp3) is 0.320. The number of anilines is 2. The van der Waals surface area contributed by atoms with Gasteiger partial charge >= 0.3 is 0 Å². The third kappa shape index (κ3) is 2.58. The van der Waals surface area contributed by atoms with Crippen molar-refractivity contribution >= 4 is 29.1 Å². The second kappa shape index (κ2) is 6.66. The van der Waals surface area contributed by atoms with Crippen LogP contribution in [-0.4, -0.2) is 17.7 Å². The first kappa shape index (κ1) is 18.8. The van der Waals surface area contributed by atoms with E-state index in [2.05, 4.69) is 11.4 Å². The van der Waals surface area contributed by atoms with E-state index in [0.717, 1.165) is 23.2 Å². The summed E-state index contributed by atoms with van der Waals surface area (Å²) in [5.41, 5.74) is 4.72. The van der Waals surface area contributed by atoms with Gasteiger partial charge in [-0.25, -0.2) is 4.90 Å². The molecule has 2 aromatic carbocycles. The first-order chi connectivity index (χ1) is 14.4. The minimum absolute atomic E-state index is 0.136. The molecule has 0 spiro atoms. The van der Waals surface area contributed by atoms with E-state index in [4.69, 9.17) is 0 Å². The lowest BCUT2D eigenvalue weighted by molar-refractivity contribution is -0.123. The van der Waals surface area contributed by atoms with Crippen molar-refractivity contribution in [3.8, 4) is 0 Å². The van der Waals surface area contributed by atoms with Gasteiger partial charge in [0.15, 0.2) is 0 Å². The minimum Gasteiger partial charge on any atom is -0.322 e. The molecule has 2 aliphatic carbocycles. The van der Waals surface area contributed by atoms with Gasteiger partial charge in [0, 0.05) is 5.69 Å². The first-order valence-corrected chi connectivity index (χ1v) is 10.4. The number of benzene rings is 2. The van der Waals surface area contributed by atoms with E-state index in [-0.39, 0.29) is 41.4 Å². The SMILES string of the molecule is CC1=C[C@H]2C[C@H]1[C@@H]1C(=O)N(c3ccccc3C(=O)Nc3cccc(C)c3C)C(=O)[C@H]12. The molecular weight excluding hydrogens is 376 g/mol. The van der Waals surface area contributed by atoms with Crippen molar-refractivity contribution in [1.82, 2.24) is 0 Å². The maximum atomic E-state index is 13.3. The molecule has 2 fully saturated rings. The highest BCUT2D eigenvalue weighted by molar-refractivity contribution is 6.25. The number of imide groups is 1. The summed E-state index contributed by atoms with van der Waals surface area (Å²) in [5.74, 6) is -0.960. The Hall–Kier alpha value is -3.21. The van der Waals surface area contributed by atoms with Crippen LogP contribution < -0.4 is 10.2 Å². The molecule has 5 rings (SSSR count). The van der Waals surface area contributed by atoms with Gasteiger partial charge in [0.1, 0.15) is 0 Å². The van der Waals surface area contributed by atoms with Crippen LogP contribution in [0.4, 0.5) is 11.4 Å². The average molecular weight is 400 g/mol. The molecule has 0 unspecified atom stereocenters. The monoisotopic (exact) mass is 400 g/mol. The molecule has 2 aromatic rings. The van der Waals surface area contributed by atoms with Gasteiger partial charge < -0.3 is 5.32 Å². The van der Waals surface area contributed by atoms with Gasteiger partial charge in [-0.15, -0.1) is 0 Å². The third-order valence-corrected chi connectivity index (χ3v) is 7.12. The lowest BCUT2D eigenvalue weighted by Crippen LogP contribution is -2.34. The van der Waals surface area contributed by atoms with Crippen molar-refractivity contribution in [3.63, 3.8) is 0 Å². The Labute approximate surface area is 175 Å². The van der Waals surface area contributed by atoms with Crippen molar-refractivity contribution in [2.45, 2.75) is 27.2 Å². The molecule has 3 amide bonds. The predicted molar refractivity (Wildman–Crippen MR) is 115 cm³/mol. The van der Waals surface area contributed by atoms with E-state index in [9.17, 15) is 14.4 Å². The minimum atomic E-state index is -0.325. The summed E-state index contributed by atoms with van der Waals surface area (Å²) in [5, 5.41) is 2.95. The fourth-order valence-electron chi connectivity index (χ4n) is 5.45. The van der Waals surface area contributed by atoms with Gasteiger partial charge in [-0.3, -0.25) is 14.4 Å². The number of para-hydroxylation sites is 1. The smallest absolute Gasteiger partial charge is 0.257 e. The van der Waals surface area contributed by atoms with Crippen molar-refractivity contribution in [2.75, 3.05) is 10.2 Å². The first-order valence-electron chi connectivity index (χ1n) is 10.4. The van der Waals surface area contributed by atoms with E-state index in [1.807, 2.05) is 39.0 Å². The number of rotatable bonds is 3. The zero-order valence-electron chi connectivity index (χ0n) is 17.3. The molecule has 152 valence electrons. The highest BCUT2D eigenvalue weighted by Crippen LogP contribution is 2.56. The van der Waals surface area contributed by atoms with E-state index >= 15 is 0 Å². The lowest BCUT2D eigenvalue weighted by Gasteiger charge is -2.21. The third-order valence-electron chi connectivity index (χ3n) is 7.12. The van der Waals surface area contributed by atoms with Gasteiger partial charge in [-0.1, -0.05) is 35.9 Å². The molecule has 1 aliphatic heterocycles. The Kier molecular flexibility index (Phi) is 4.17. The van der Waals surface area contributed by atoms with Crippen molar-refractivity contribution in [1.29, 1.82) is 0 Å². The highest BCUT2D eigenvalue weighted by atomic mass is 16.2. The van der Waals surface area contributed by atoms with Crippen LogP contribution >= 0.6 is 0 Å². The normalized spacial score (nSPS) is 26.8. The molecule has 0 aromatic heterocycles. The van der Waals surface area contributed by atoms with Gasteiger partial charge in [-0.05, 0) is 68.4 Å². The zero-order chi connectivity index (χ0) is 21.2. The molecule has 2 bridgehead atoms. The second-order valence-corrected chi connectivity index (χ2v) is 8.70. The maximum absolute atomic E-state index is 13.3. The molecular formula is C25H24N2O3. The Morgan fingerprint density at radius 1 is 0.967 bits per heavy atom. The van der Waals surface area contributed by atoms with Crippen LogP contribution in [0.2, 0.25) is 0 Å². The second-order valence-electron chi connectivity index (χ2n) is 8.70. The maximum Gasteiger partial charge on any atom is 0.257 e. The molecule has 3 aliphatic rings. The van der Waals surface area contributed by atoms with Crippen LogP contribution in [-0.2, 0) is 9.59 Å². The standard InChI is InChI=1S/C25H24N2O3/c1-13-7-6-9-19(15(13)3)26-23(28)17-8-4-5-10-20(17)27-24(29)21-16-11-14(2)18(12-16)22(21)25(27)30/h4-11,16,18,21-22H,12H2,1-3H3,(H,26,28)/t16-,18+,21-,22-/m0/s1. The summed E-state index contributed by atoms with van der Waals surface area (Å²) in [6.07, 6.45) is 3.04. The predicted octanol–water partition coefficient (Wildman–Crippen LogP) is 4.26. The Balaban J connectivity index is 1.49. The number of carbonyl (C=O) groups excluding carboxylic acids is 3. The number of amides is 3. The van der Waals surface area contributed by atoms with E-state index < -0.39 is 0 Å². The van der Waals surface area contributed by atoms with Gasteiger partial charge in [-0.2, -0.15) is 0 Å². The lowest BCUT2D eigenvalue weighted by atomic mass is 9.82. The quantitative estimate of drug-likeness (QED) is 0.618.